The van der Waals surface area contributed by atoms with Crippen LogP contribution in [0.15, 0.2) is 24.5 Å². The van der Waals surface area contributed by atoms with Gasteiger partial charge in [0.05, 0.1) is 13.1 Å². The third kappa shape index (κ3) is 3.57. The monoisotopic (exact) mass is 266 g/mol. The molecule has 0 radical (unpaired) electrons. The van der Waals surface area contributed by atoms with Crippen molar-refractivity contribution in [2.24, 2.45) is 0 Å². The van der Waals surface area contributed by atoms with Crippen molar-refractivity contribution in [3.63, 3.8) is 0 Å². The fraction of sp³-hybridized carbons (Fsp3) is 0.385. The second-order valence-corrected chi connectivity index (χ2v) is 4.26. The molecule has 0 amide bonds. The summed E-state index contributed by atoms with van der Waals surface area (Å²) in [5.74, 6) is -0.909. The maximum Gasteiger partial charge on any atom is 0.159 e. The van der Waals surface area contributed by atoms with Crippen LogP contribution in [0.3, 0.4) is 0 Å². The Kier molecular flexibility index (Phi) is 4.57. The lowest BCUT2D eigenvalue weighted by atomic mass is 10.2. The van der Waals surface area contributed by atoms with E-state index in [0.717, 1.165) is 24.9 Å². The molecule has 0 spiro atoms. The number of halogens is 2. The fourth-order valence-electron chi connectivity index (χ4n) is 1.74. The molecule has 4 nitrogen and oxygen atoms in total. The molecule has 1 heterocycles. The number of benzene rings is 1. The van der Waals surface area contributed by atoms with Gasteiger partial charge in [-0.3, -0.25) is 0 Å². The van der Waals surface area contributed by atoms with Gasteiger partial charge in [-0.2, -0.15) is 5.10 Å². The van der Waals surface area contributed by atoms with Crippen molar-refractivity contribution in [3.8, 4) is 0 Å². The van der Waals surface area contributed by atoms with E-state index in [1.165, 1.54) is 12.4 Å². The van der Waals surface area contributed by atoms with E-state index in [2.05, 4.69) is 22.3 Å². The lowest BCUT2D eigenvalue weighted by molar-refractivity contribution is 0.504. The molecule has 0 fully saturated rings. The van der Waals surface area contributed by atoms with Gasteiger partial charge in [-0.1, -0.05) is 13.0 Å². The smallest absolute Gasteiger partial charge is 0.159 e. The molecule has 1 aromatic carbocycles. The third-order valence-corrected chi connectivity index (χ3v) is 2.72. The van der Waals surface area contributed by atoms with Gasteiger partial charge in [0.2, 0.25) is 0 Å². The van der Waals surface area contributed by atoms with Crippen LogP contribution in [-0.4, -0.2) is 21.3 Å². The summed E-state index contributed by atoms with van der Waals surface area (Å²) >= 11 is 0. The zero-order valence-corrected chi connectivity index (χ0v) is 10.7. The zero-order valence-electron chi connectivity index (χ0n) is 10.7. The van der Waals surface area contributed by atoms with E-state index in [1.54, 1.807) is 10.7 Å². The van der Waals surface area contributed by atoms with E-state index in [9.17, 15) is 8.78 Å². The first kappa shape index (κ1) is 13.6. The normalized spacial score (nSPS) is 10.9. The molecule has 0 atom stereocenters. The lowest BCUT2D eigenvalue weighted by Gasteiger charge is -2.07. The van der Waals surface area contributed by atoms with Gasteiger partial charge < -0.3 is 5.32 Å². The second-order valence-electron chi connectivity index (χ2n) is 4.26. The Labute approximate surface area is 110 Å². The largest absolute Gasteiger partial charge is 0.310 e. The fourth-order valence-corrected chi connectivity index (χ4v) is 1.74. The van der Waals surface area contributed by atoms with Gasteiger partial charge in [-0.15, -0.1) is 0 Å². The van der Waals surface area contributed by atoms with Gasteiger partial charge in [0, 0.05) is 0 Å². The Hall–Kier alpha value is -1.82. The highest BCUT2D eigenvalue weighted by molar-refractivity contribution is 5.18. The summed E-state index contributed by atoms with van der Waals surface area (Å²) in [6.07, 6.45) is 2.50. The van der Waals surface area contributed by atoms with Crippen LogP contribution < -0.4 is 5.32 Å². The van der Waals surface area contributed by atoms with Crippen molar-refractivity contribution >= 4 is 0 Å². The SMILES string of the molecule is CCCNCc1ncnn1Cc1ccc(F)c(F)c1. The molecule has 0 aliphatic carbocycles. The Morgan fingerprint density at radius 1 is 1.26 bits per heavy atom. The van der Waals surface area contributed by atoms with E-state index in [4.69, 9.17) is 0 Å². The quantitative estimate of drug-likeness (QED) is 0.814. The van der Waals surface area contributed by atoms with Gasteiger partial charge in [-0.25, -0.2) is 18.4 Å². The van der Waals surface area contributed by atoms with Crippen LogP contribution in [-0.2, 0) is 13.1 Å². The summed E-state index contributed by atoms with van der Waals surface area (Å²) < 4.78 is 27.6. The van der Waals surface area contributed by atoms with Gasteiger partial charge in [0.25, 0.3) is 0 Å². The Balaban J connectivity index is 2.06. The molecule has 0 saturated carbocycles. The van der Waals surface area contributed by atoms with Crippen molar-refractivity contribution < 1.29 is 8.78 Å². The summed E-state index contributed by atoms with van der Waals surface area (Å²) in [6, 6.07) is 3.85. The highest BCUT2D eigenvalue weighted by atomic mass is 19.2. The molecule has 0 unspecified atom stereocenters. The molecule has 1 aromatic heterocycles. The molecule has 0 bridgehead atoms. The number of aromatic nitrogens is 3. The molecule has 0 aliphatic rings. The topological polar surface area (TPSA) is 42.7 Å². The minimum absolute atomic E-state index is 0.375. The number of rotatable bonds is 6. The minimum Gasteiger partial charge on any atom is -0.310 e. The van der Waals surface area contributed by atoms with Gasteiger partial charge in [-0.05, 0) is 30.7 Å². The zero-order chi connectivity index (χ0) is 13.7. The maximum atomic E-state index is 13.1. The van der Waals surface area contributed by atoms with Crippen molar-refractivity contribution in [2.75, 3.05) is 6.54 Å². The number of nitrogens with one attached hydrogen (secondary N) is 1. The Morgan fingerprint density at radius 2 is 2.11 bits per heavy atom. The van der Waals surface area contributed by atoms with Crippen LogP contribution in [0.4, 0.5) is 8.78 Å². The molecular weight excluding hydrogens is 250 g/mol. The first-order valence-electron chi connectivity index (χ1n) is 6.22. The molecule has 2 aromatic rings. The van der Waals surface area contributed by atoms with Crippen molar-refractivity contribution in [3.05, 3.63) is 47.5 Å². The van der Waals surface area contributed by atoms with Crippen molar-refractivity contribution in [1.29, 1.82) is 0 Å². The summed E-state index contributed by atoms with van der Waals surface area (Å²) in [4.78, 5) is 4.15. The molecular formula is C13H16F2N4. The summed E-state index contributed by atoms with van der Waals surface area (Å²) in [6.45, 7) is 3.97. The third-order valence-electron chi connectivity index (χ3n) is 2.72. The summed E-state index contributed by atoms with van der Waals surface area (Å²) in [5, 5.41) is 7.32. The maximum absolute atomic E-state index is 13.1. The predicted molar refractivity (Wildman–Crippen MR) is 67.5 cm³/mol. The molecule has 2 rings (SSSR count). The highest BCUT2D eigenvalue weighted by Crippen LogP contribution is 2.10. The lowest BCUT2D eigenvalue weighted by Crippen LogP contribution is -2.18. The standard InChI is InChI=1S/C13H16F2N4/c1-2-5-16-7-13-17-9-18-19(13)8-10-3-4-11(14)12(15)6-10/h3-4,6,9,16H,2,5,7-8H2,1H3. The van der Waals surface area contributed by atoms with E-state index in [-0.39, 0.29) is 0 Å². The average Bonchev–Trinajstić information content (AvgIpc) is 2.82. The van der Waals surface area contributed by atoms with Crippen LogP contribution in [0.5, 0.6) is 0 Å². The van der Waals surface area contributed by atoms with E-state index < -0.39 is 11.6 Å². The predicted octanol–water partition coefficient (Wildman–Crippen LogP) is 2.10. The van der Waals surface area contributed by atoms with Gasteiger partial charge in [0.1, 0.15) is 12.2 Å². The van der Waals surface area contributed by atoms with E-state index in [1.807, 2.05) is 0 Å². The molecule has 0 aliphatic heterocycles. The Morgan fingerprint density at radius 3 is 2.84 bits per heavy atom. The molecule has 6 heteroatoms. The van der Waals surface area contributed by atoms with E-state index in [0.29, 0.717) is 18.7 Å². The minimum atomic E-state index is -0.844. The summed E-state index contributed by atoms with van der Waals surface area (Å²) in [7, 11) is 0. The van der Waals surface area contributed by atoms with Crippen LogP contribution >= 0.6 is 0 Å². The average molecular weight is 266 g/mol. The highest BCUT2D eigenvalue weighted by Gasteiger charge is 2.07. The molecule has 1 N–H and O–H groups in total. The van der Waals surface area contributed by atoms with Crippen LogP contribution in [0, 0.1) is 11.6 Å². The first-order chi connectivity index (χ1) is 9.20. The van der Waals surface area contributed by atoms with Gasteiger partial charge in [0.15, 0.2) is 11.6 Å². The van der Waals surface area contributed by atoms with Gasteiger partial charge >= 0.3 is 0 Å². The molecule has 19 heavy (non-hydrogen) atoms. The second kappa shape index (κ2) is 6.38. The number of hydrogen-bond donors (Lipinski definition) is 1. The van der Waals surface area contributed by atoms with Crippen LogP contribution in [0.1, 0.15) is 24.7 Å². The van der Waals surface area contributed by atoms with Crippen LogP contribution in [0.2, 0.25) is 0 Å². The first-order valence-corrected chi connectivity index (χ1v) is 6.22. The molecule has 102 valence electrons. The van der Waals surface area contributed by atoms with Crippen molar-refractivity contribution in [2.45, 2.75) is 26.4 Å². The van der Waals surface area contributed by atoms with Crippen LogP contribution in [0.25, 0.3) is 0 Å². The number of hydrogen-bond acceptors (Lipinski definition) is 3. The van der Waals surface area contributed by atoms with Crippen molar-refractivity contribution in [1.82, 2.24) is 20.1 Å². The number of nitrogens with zero attached hydrogens (tertiary/aromatic N) is 3. The molecule has 0 saturated heterocycles. The summed E-state index contributed by atoms with van der Waals surface area (Å²) in [5.41, 5.74) is 0.654. The van der Waals surface area contributed by atoms with E-state index >= 15 is 0 Å². The Bertz CT molecular complexity index is 539.